The average molecular weight is 278 g/mol. The van der Waals surface area contributed by atoms with Crippen molar-refractivity contribution in [2.45, 2.75) is 32.3 Å². The van der Waals surface area contributed by atoms with E-state index in [9.17, 15) is 20.0 Å². The summed E-state index contributed by atoms with van der Waals surface area (Å²) in [4.78, 5) is 24.5. The van der Waals surface area contributed by atoms with E-state index in [0.29, 0.717) is 43.5 Å². The summed E-state index contributed by atoms with van der Waals surface area (Å²) in [5.41, 5.74) is 0.960. The number of piperidine rings is 1. The number of hydrogen-bond donors (Lipinski definition) is 1. The number of aryl methyl sites for hydroxylation is 1. The van der Waals surface area contributed by atoms with Gasteiger partial charge in [-0.1, -0.05) is 13.0 Å². The second kappa shape index (κ2) is 6.00. The zero-order valence-corrected chi connectivity index (χ0v) is 11.4. The third kappa shape index (κ3) is 2.96. The Bertz CT molecular complexity index is 522. The standard InChI is InChI=1S/C14H18N2O4/c1-2-10-3-4-11(9-13(10)16(19)20)14(18)15-7-5-12(17)6-8-15/h3-4,9,12,17H,2,5-8H2,1H3. The van der Waals surface area contributed by atoms with Crippen LogP contribution in [0.4, 0.5) is 5.69 Å². The van der Waals surface area contributed by atoms with Crippen LogP contribution in [-0.2, 0) is 6.42 Å². The van der Waals surface area contributed by atoms with Gasteiger partial charge in [0.1, 0.15) is 0 Å². The van der Waals surface area contributed by atoms with Crippen LogP contribution in [-0.4, -0.2) is 40.0 Å². The predicted molar refractivity (Wildman–Crippen MR) is 73.6 cm³/mol. The topological polar surface area (TPSA) is 83.7 Å². The molecule has 0 atom stereocenters. The smallest absolute Gasteiger partial charge is 0.273 e. The van der Waals surface area contributed by atoms with Gasteiger partial charge in [0, 0.05) is 30.3 Å². The van der Waals surface area contributed by atoms with Crippen molar-refractivity contribution in [3.8, 4) is 0 Å². The van der Waals surface area contributed by atoms with Crippen molar-refractivity contribution < 1.29 is 14.8 Å². The van der Waals surface area contributed by atoms with E-state index in [1.54, 1.807) is 17.0 Å². The summed E-state index contributed by atoms with van der Waals surface area (Å²) in [5, 5.41) is 20.5. The molecule has 1 aliphatic rings. The Morgan fingerprint density at radius 3 is 2.65 bits per heavy atom. The summed E-state index contributed by atoms with van der Waals surface area (Å²) < 4.78 is 0. The highest BCUT2D eigenvalue weighted by molar-refractivity contribution is 5.95. The number of nitrogens with zero attached hydrogens (tertiary/aromatic N) is 2. The lowest BCUT2D eigenvalue weighted by atomic mass is 10.0. The minimum atomic E-state index is -0.449. The van der Waals surface area contributed by atoms with Gasteiger partial charge in [-0.15, -0.1) is 0 Å². The molecule has 6 heteroatoms. The largest absolute Gasteiger partial charge is 0.393 e. The molecule has 0 aliphatic carbocycles. The average Bonchev–Trinajstić information content (AvgIpc) is 2.46. The normalized spacial score (nSPS) is 16.2. The maximum atomic E-state index is 12.3. The molecule has 1 N–H and O–H groups in total. The molecule has 1 aliphatic heterocycles. The van der Waals surface area contributed by atoms with Gasteiger partial charge < -0.3 is 10.0 Å². The molecule has 1 aromatic carbocycles. The van der Waals surface area contributed by atoms with Crippen LogP contribution in [0.25, 0.3) is 0 Å². The number of nitro groups is 1. The SMILES string of the molecule is CCc1ccc(C(=O)N2CCC(O)CC2)cc1[N+](=O)[O-]. The molecule has 0 unspecified atom stereocenters. The van der Waals surface area contributed by atoms with Crippen molar-refractivity contribution in [3.63, 3.8) is 0 Å². The molecular weight excluding hydrogens is 260 g/mol. The fraction of sp³-hybridized carbons (Fsp3) is 0.500. The van der Waals surface area contributed by atoms with Gasteiger partial charge in [0.15, 0.2) is 0 Å². The maximum Gasteiger partial charge on any atom is 0.273 e. The molecule has 0 spiro atoms. The minimum Gasteiger partial charge on any atom is -0.393 e. The molecule has 0 bridgehead atoms. The van der Waals surface area contributed by atoms with Crippen LogP contribution < -0.4 is 0 Å². The monoisotopic (exact) mass is 278 g/mol. The van der Waals surface area contributed by atoms with Gasteiger partial charge in [0.05, 0.1) is 11.0 Å². The number of benzene rings is 1. The van der Waals surface area contributed by atoms with E-state index in [1.165, 1.54) is 6.07 Å². The Hall–Kier alpha value is -1.95. The number of rotatable bonds is 3. The summed E-state index contributed by atoms with van der Waals surface area (Å²) in [7, 11) is 0. The van der Waals surface area contributed by atoms with Crippen LogP contribution in [0.15, 0.2) is 18.2 Å². The molecule has 108 valence electrons. The summed E-state index contributed by atoms with van der Waals surface area (Å²) in [5.74, 6) is -0.206. The zero-order chi connectivity index (χ0) is 14.7. The first kappa shape index (κ1) is 14.5. The first-order valence-corrected chi connectivity index (χ1v) is 6.77. The van der Waals surface area contributed by atoms with E-state index in [0.717, 1.165) is 0 Å². The van der Waals surface area contributed by atoms with Crippen molar-refractivity contribution in [1.82, 2.24) is 4.90 Å². The Morgan fingerprint density at radius 1 is 1.45 bits per heavy atom. The number of aliphatic hydroxyl groups is 1. The lowest BCUT2D eigenvalue weighted by Crippen LogP contribution is -2.40. The molecule has 0 radical (unpaired) electrons. The summed E-state index contributed by atoms with van der Waals surface area (Å²) >= 11 is 0. The van der Waals surface area contributed by atoms with Gasteiger partial charge in [0.25, 0.3) is 11.6 Å². The highest BCUT2D eigenvalue weighted by atomic mass is 16.6. The number of amides is 1. The zero-order valence-electron chi connectivity index (χ0n) is 11.4. The first-order chi connectivity index (χ1) is 9.52. The summed E-state index contributed by atoms with van der Waals surface area (Å²) in [6, 6.07) is 4.63. The lowest BCUT2D eigenvalue weighted by molar-refractivity contribution is -0.385. The minimum absolute atomic E-state index is 0.00426. The molecule has 1 amide bonds. The molecule has 6 nitrogen and oxygen atoms in total. The van der Waals surface area contributed by atoms with Gasteiger partial charge >= 0.3 is 0 Å². The molecule has 1 saturated heterocycles. The number of aliphatic hydroxyl groups excluding tert-OH is 1. The fourth-order valence-corrected chi connectivity index (χ4v) is 2.42. The van der Waals surface area contributed by atoms with Gasteiger partial charge in [-0.2, -0.15) is 0 Å². The number of carbonyl (C=O) groups excluding carboxylic acids is 1. The van der Waals surface area contributed by atoms with Crippen molar-refractivity contribution in [2.75, 3.05) is 13.1 Å². The van der Waals surface area contributed by atoms with E-state index >= 15 is 0 Å². The number of likely N-dealkylation sites (tertiary alicyclic amines) is 1. The van der Waals surface area contributed by atoms with Gasteiger partial charge in [0.2, 0.25) is 0 Å². The Balaban J connectivity index is 2.22. The third-order valence-electron chi connectivity index (χ3n) is 3.66. The van der Waals surface area contributed by atoms with E-state index in [4.69, 9.17) is 0 Å². The molecular formula is C14H18N2O4. The number of nitro benzene ring substituents is 1. The highest BCUT2D eigenvalue weighted by Gasteiger charge is 2.24. The van der Waals surface area contributed by atoms with E-state index in [1.807, 2.05) is 6.92 Å². The van der Waals surface area contributed by atoms with Gasteiger partial charge in [-0.25, -0.2) is 0 Å². The quantitative estimate of drug-likeness (QED) is 0.674. The second-order valence-corrected chi connectivity index (χ2v) is 4.98. The van der Waals surface area contributed by atoms with Crippen LogP contribution in [0.2, 0.25) is 0 Å². The van der Waals surface area contributed by atoms with E-state index in [2.05, 4.69) is 0 Å². The van der Waals surface area contributed by atoms with Crippen molar-refractivity contribution >= 4 is 11.6 Å². The maximum absolute atomic E-state index is 12.3. The third-order valence-corrected chi connectivity index (χ3v) is 3.66. The van der Waals surface area contributed by atoms with Crippen LogP contribution >= 0.6 is 0 Å². The highest BCUT2D eigenvalue weighted by Crippen LogP contribution is 2.22. The Kier molecular flexibility index (Phi) is 4.34. The van der Waals surface area contributed by atoms with E-state index < -0.39 is 4.92 Å². The van der Waals surface area contributed by atoms with Crippen molar-refractivity contribution in [3.05, 3.63) is 39.4 Å². The molecule has 1 aromatic rings. The molecule has 2 rings (SSSR count). The van der Waals surface area contributed by atoms with Crippen molar-refractivity contribution in [2.24, 2.45) is 0 Å². The molecule has 0 saturated carbocycles. The van der Waals surface area contributed by atoms with E-state index in [-0.39, 0.29) is 17.7 Å². The molecule has 1 heterocycles. The summed E-state index contributed by atoms with van der Waals surface area (Å²) in [6.45, 7) is 2.82. The van der Waals surface area contributed by atoms with Crippen LogP contribution in [0.1, 0.15) is 35.7 Å². The molecule has 0 aromatic heterocycles. The van der Waals surface area contributed by atoms with Crippen LogP contribution in [0.5, 0.6) is 0 Å². The summed E-state index contributed by atoms with van der Waals surface area (Å²) in [6.07, 6.45) is 1.32. The van der Waals surface area contributed by atoms with Crippen LogP contribution in [0.3, 0.4) is 0 Å². The van der Waals surface area contributed by atoms with Gasteiger partial charge in [-0.05, 0) is 25.3 Å². The predicted octanol–water partition coefficient (Wildman–Crippen LogP) is 1.75. The second-order valence-electron chi connectivity index (χ2n) is 4.98. The Labute approximate surface area is 117 Å². The Morgan fingerprint density at radius 2 is 2.10 bits per heavy atom. The first-order valence-electron chi connectivity index (χ1n) is 6.77. The molecule has 1 fully saturated rings. The lowest BCUT2D eigenvalue weighted by Gasteiger charge is -2.29. The fourth-order valence-electron chi connectivity index (χ4n) is 2.42. The van der Waals surface area contributed by atoms with Crippen LogP contribution in [0, 0.1) is 10.1 Å². The van der Waals surface area contributed by atoms with Crippen molar-refractivity contribution in [1.29, 1.82) is 0 Å². The van der Waals surface area contributed by atoms with Gasteiger partial charge in [-0.3, -0.25) is 14.9 Å². The molecule has 20 heavy (non-hydrogen) atoms. The number of hydrogen-bond acceptors (Lipinski definition) is 4. The number of carbonyl (C=O) groups is 1.